The number of rotatable bonds is 6. The zero-order chi connectivity index (χ0) is 26.8. The molecule has 190 valence electrons. The first-order chi connectivity index (χ1) is 18.3. The van der Waals surface area contributed by atoms with Gasteiger partial charge in [-0.2, -0.15) is 4.98 Å². The SMILES string of the molecule is CC(=O)Nc1cccc(-c2cnc(N)nc2NC(C)c2cc3cccc(Cl)c3c(=O)n2-c2ccccc2)c1. The van der Waals surface area contributed by atoms with Crippen LogP contribution in [0.4, 0.5) is 17.5 Å². The fourth-order valence-electron chi connectivity index (χ4n) is 4.47. The number of fused-ring (bicyclic) bond motifs is 1. The summed E-state index contributed by atoms with van der Waals surface area (Å²) in [5.74, 6) is 0.424. The first-order valence-electron chi connectivity index (χ1n) is 12.0. The van der Waals surface area contributed by atoms with Crippen LogP contribution in [0.5, 0.6) is 0 Å². The molecule has 4 N–H and O–H groups in total. The molecule has 9 heteroatoms. The van der Waals surface area contributed by atoms with Gasteiger partial charge in [0.25, 0.3) is 5.56 Å². The van der Waals surface area contributed by atoms with E-state index in [0.717, 1.165) is 10.9 Å². The molecular formula is C29H25ClN6O2. The van der Waals surface area contributed by atoms with Crippen LogP contribution >= 0.6 is 11.6 Å². The molecule has 0 fully saturated rings. The number of hydrogen-bond acceptors (Lipinski definition) is 6. The molecular weight excluding hydrogens is 500 g/mol. The number of carbonyl (C=O) groups excluding carboxylic acids is 1. The zero-order valence-corrected chi connectivity index (χ0v) is 21.5. The number of nitrogens with one attached hydrogen (secondary N) is 2. The number of hydrogen-bond donors (Lipinski definition) is 3. The molecule has 0 saturated carbocycles. The summed E-state index contributed by atoms with van der Waals surface area (Å²) < 4.78 is 1.66. The summed E-state index contributed by atoms with van der Waals surface area (Å²) in [7, 11) is 0. The molecule has 1 atom stereocenters. The van der Waals surface area contributed by atoms with Gasteiger partial charge in [-0.05, 0) is 54.3 Å². The summed E-state index contributed by atoms with van der Waals surface area (Å²) in [5.41, 5.74) is 9.31. The topological polar surface area (TPSA) is 115 Å². The molecule has 5 rings (SSSR count). The average Bonchev–Trinajstić information content (AvgIpc) is 2.89. The molecule has 2 heterocycles. The first kappa shape index (κ1) is 25.0. The molecule has 2 aromatic heterocycles. The molecule has 0 aliphatic carbocycles. The quantitative estimate of drug-likeness (QED) is 0.258. The Morgan fingerprint density at radius 2 is 1.79 bits per heavy atom. The Hall–Kier alpha value is -4.69. The van der Waals surface area contributed by atoms with Gasteiger partial charge in [-0.3, -0.25) is 14.2 Å². The highest BCUT2D eigenvalue weighted by Gasteiger charge is 2.20. The van der Waals surface area contributed by atoms with Crippen molar-refractivity contribution in [2.45, 2.75) is 19.9 Å². The van der Waals surface area contributed by atoms with Crippen molar-refractivity contribution in [3.05, 3.63) is 106 Å². The average molecular weight is 525 g/mol. The van der Waals surface area contributed by atoms with Crippen molar-refractivity contribution in [2.24, 2.45) is 0 Å². The number of carbonyl (C=O) groups is 1. The summed E-state index contributed by atoms with van der Waals surface area (Å²) in [6.45, 7) is 3.40. The third-order valence-electron chi connectivity index (χ3n) is 6.14. The van der Waals surface area contributed by atoms with Crippen molar-refractivity contribution >= 4 is 45.7 Å². The van der Waals surface area contributed by atoms with Crippen LogP contribution in [0.3, 0.4) is 0 Å². The van der Waals surface area contributed by atoms with E-state index in [4.69, 9.17) is 17.3 Å². The predicted molar refractivity (Wildman–Crippen MR) is 153 cm³/mol. The molecule has 38 heavy (non-hydrogen) atoms. The molecule has 8 nitrogen and oxygen atoms in total. The van der Waals surface area contributed by atoms with Crippen LogP contribution in [0, 0.1) is 0 Å². The number of benzene rings is 3. The van der Waals surface area contributed by atoms with E-state index in [-0.39, 0.29) is 23.5 Å². The molecule has 3 aromatic carbocycles. The second kappa shape index (κ2) is 10.4. The van der Waals surface area contributed by atoms with Crippen molar-refractivity contribution < 1.29 is 4.79 Å². The minimum absolute atomic E-state index is 0.104. The van der Waals surface area contributed by atoms with Gasteiger partial charge in [0.1, 0.15) is 5.82 Å². The molecule has 1 unspecified atom stereocenters. The highest BCUT2D eigenvalue weighted by molar-refractivity contribution is 6.35. The van der Waals surface area contributed by atoms with Gasteiger partial charge in [0, 0.05) is 35.8 Å². The maximum atomic E-state index is 13.8. The van der Waals surface area contributed by atoms with E-state index in [0.29, 0.717) is 38.9 Å². The van der Waals surface area contributed by atoms with Crippen LogP contribution in [-0.2, 0) is 4.79 Å². The Morgan fingerprint density at radius 3 is 2.55 bits per heavy atom. The number of anilines is 3. The molecule has 0 radical (unpaired) electrons. The minimum Gasteiger partial charge on any atom is -0.368 e. The zero-order valence-electron chi connectivity index (χ0n) is 20.8. The Bertz CT molecular complexity index is 1720. The van der Waals surface area contributed by atoms with E-state index >= 15 is 0 Å². The molecule has 0 aliphatic heterocycles. The first-order valence-corrected chi connectivity index (χ1v) is 12.4. The van der Waals surface area contributed by atoms with E-state index < -0.39 is 0 Å². The number of pyridine rings is 1. The maximum Gasteiger partial charge on any atom is 0.264 e. The lowest BCUT2D eigenvalue weighted by molar-refractivity contribution is -0.114. The maximum absolute atomic E-state index is 13.8. The highest BCUT2D eigenvalue weighted by Crippen LogP contribution is 2.32. The van der Waals surface area contributed by atoms with Crippen LogP contribution in [0.25, 0.3) is 27.6 Å². The second-order valence-electron chi connectivity index (χ2n) is 8.87. The van der Waals surface area contributed by atoms with Crippen LogP contribution in [0.2, 0.25) is 5.02 Å². The van der Waals surface area contributed by atoms with E-state index in [1.807, 2.05) is 73.7 Å². The lowest BCUT2D eigenvalue weighted by Crippen LogP contribution is -2.26. The smallest absolute Gasteiger partial charge is 0.264 e. The molecule has 0 bridgehead atoms. The molecule has 0 saturated heterocycles. The minimum atomic E-state index is -0.377. The second-order valence-corrected chi connectivity index (χ2v) is 9.28. The summed E-state index contributed by atoms with van der Waals surface area (Å²) in [5, 5.41) is 7.82. The fraction of sp³-hybridized carbons (Fsp3) is 0.103. The molecule has 1 amide bonds. The number of nitrogens with two attached hydrogens (primary N) is 1. The summed E-state index contributed by atoms with van der Waals surface area (Å²) in [6, 6.07) is 23.8. The number of nitrogens with zero attached hydrogens (tertiary/aromatic N) is 3. The van der Waals surface area contributed by atoms with E-state index in [1.165, 1.54) is 6.92 Å². The summed E-state index contributed by atoms with van der Waals surface area (Å²) in [4.78, 5) is 34.0. The Morgan fingerprint density at radius 1 is 1.03 bits per heavy atom. The number of halogens is 1. The molecule has 0 spiro atoms. The molecule has 0 aliphatic rings. The van der Waals surface area contributed by atoms with Crippen molar-refractivity contribution in [3.8, 4) is 16.8 Å². The van der Waals surface area contributed by atoms with E-state index in [1.54, 1.807) is 22.9 Å². The van der Waals surface area contributed by atoms with Crippen LogP contribution < -0.4 is 21.9 Å². The summed E-state index contributed by atoms with van der Waals surface area (Å²) in [6.07, 6.45) is 1.63. The standard InChI is InChI=1S/C29H25ClN6O2/c1-17(33-27-23(16-32-29(31)35-27)19-8-6-10-21(14-19)34-18(2)37)25-15-20-9-7-13-24(30)26(20)28(38)36(25)22-11-4-3-5-12-22/h3-17H,1-2H3,(H,34,37)(H3,31,32,33,35). The monoisotopic (exact) mass is 524 g/mol. The van der Waals surface area contributed by atoms with Gasteiger partial charge in [-0.1, -0.05) is 54.1 Å². The Kier molecular flexibility index (Phi) is 6.81. The Labute approximate surface area is 224 Å². The lowest BCUT2D eigenvalue weighted by Gasteiger charge is -2.23. The van der Waals surface area contributed by atoms with Crippen molar-refractivity contribution in [1.82, 2.24) is 14.5 Å². The van der Waals surface area contributed by atoms with Crippen molar-refractivity contribution in [3.63, 3.8) is 0 Å². The normalized spacial score (nSPS) is 11.8. The predicted octanol–water partition coefficient (Wildman–Crippen LogP) is 5.81. The third kappa shape index (κ3) is 4.94. The van der Waals surface area contributed by atoms with Crippen LogP contribution in [-0.4, -0.2) is 20.4 Å². The Balaban J connectivity index is 1.63. The van der Waals surface area contributed by atoms with Gasteiger partial charge in [0.15, 0.2) is 0 Å². The number of para-hydroxylation sites is 1. The van der Waals surface area contributed by atoms with Crippen LogP contribution in [0.15, 0.2) is 89.9 Å². The van der Waals surface area contributed by atoms with Gasteiger partial charge in [-0.15, -0.1) is 0 Å². The van der Waals surface area contributed by atoms with Crippen molar-refractivity contribution in [1.29, 1.82) is 0 Å². The van der Waals surface area contributed by atoms with Gasteiger partial charge in [-0.25, -0.2) is 4.98 Å². The van der Waals surface area contributed by atoms with Gasteiger partial charge in [0.05, 0.1) is 16.5 Å². The molecule has 5 aromatic rings. The van der Waals surface area contributed by atoms with Gasteiger partial charge < -0.3 is 16.4 Å². The lowest BCUT2D eigenvalue weighted by atomic mass is 10.1. The largest absolute Gasteiger partial charge is 0.368 e. The van der Waals surface area contributed by atoms with Crippen molar-refractivity contribution in [2.75, 3.05) is 16.4 Å². The van der Waals surface area contributed by atoms with Crippen LogP contribution in [0.1, 0.15) is 25.6 Å². The number of amides is 1. The number of nitrogen functional groups attached to an aromatic ring is 1. The van der Waals surface area contributed by atoms with E-state index in [9.17, 15) is 9.59 Å². The number of aromatic nitrogens is 3. The van der Waals surface area contributed by atoms with E-state index in [2.05, 4.69) is 20.6 Å². The third-order valence-corrected chi connectivity index (χ3v) is 6.45. The highest BCUT2D eigenvalue weighted by atomic mass is 35.5. The van der Waals surface area contributed by atoms with Gasteiger partial charge in [0.2, 0.25) is 11.9 Å². The van der Waals surface area contributed by atoms with Gasteiger partial charge >= 0.3 is 0 Å². The summed E-state index contributed by atoms with van der Waals surface area (Å²) >= 11 is 6.45. The fourth-order valence-corrected chi connectivity index (χ4v) is 4.73.